The number of hydrogen-bond donors (Lipinski definition) is 1. The highest BCUT2D eigenvalue weighted by atomic mass is 32.2. The molecule has 0 spiro atoms. The van der Waals surface area contributed by atoms with Gasteiger partial charge in [-0.1, -0.05) is 42.5 Å². The molecule has 0 aliphatic rings. The molecule has 0 aliphatic heterocycles. The molecule has 1 N–H and O–H groups in total. The molecule has 0 aliphatic carbocycles. The zero-order chi connectivity index (χ0) is 20.7. The first-order valence-corrected chi connectivity index (χ1v) is 12.2. The molecule has 152 valence electrons. The smallest absolute Gasteiger partial charge is 0.243 e. The lowest BCUT2D eigenvalue weighted by molar-refractivity contribution is -0.121. The maximum absolute atomic E-state index is 12.6. The minimum absolute atomic E-state index is 0.299. The first kappa shape index (κ1) is 22.3. The first-order chi connectivity index (χ1) is 13.2. The van der Waals surface area contributed by atoms with Gasteiger partial charge in [0.25, 0.3) is 0 Å². The van der Waals surface area contributed by atoms with Gasteiger partial charge in [0.1, 0.15) is 6.04 Å². The molecule has 0 bridgehead atoms. The third kappa shape index (κ3) is 6.27. The van der Waals surface area contributed by atoms with Crippen molar-refractivity contribution >= 4 is 33.4 Å². The van der Waals surface area contributed by atoms with Crippen molar-refractivity contribution in [3.63, 3.8) is 0 Å². The van der Waals surface area contributed by atoms with Crippen LogP contribution in [0.15, 0.2) is 48.5 Å². The van der Waals surface area contributed by atoms with Gasteiger partial charge in [0.15, 0.2) is 0 Å². The molecule has 0 aromatic heterocycles. The highest BCUT2D eigenvalue weighted by Crippen LogP contribution is 2.26. The number of nitrogens with zero attached hydrogens (tertiary/aromatic N) is 1. The van der Waals surface area contributed by atoms with Gasteiger partial charge in [0, 0.05) is 18.1 Å². The molecule has 0 heterocycles. The van der Waals surface area contributed by atoms with Gasteiger partial charge in [-0.2, -0.15) is 11.8 Å². The third-order valence-electron chi connectivity index (χ3n) is 4.35. The number of amides is 1. The van der Waals surface area contributed by atoms with Crippen molar-refractivity contribution in [1.29, 1.82) is 0 Å². The van der Waals surface area contributed by atoms with E-state index in [2.05, 4.69) is 17.4 Å². The summed E-state index contributed by atoms with van der Waals surface area (Å²) in [5, 5.41) is 2.86. The van der Waals surface area contributed by atoms with Crippen LogP contribution in [0, 0.1) is 13.8 Å². The predicted molar refractivity (Wildman–Crippen MR) is 118 cm³/mol. The molecule has 7 heteroatoms. The first-order valence-electron chi connectivity index (χ1n) is 9.16. The van der Waals surface area contributed by atoms with Crippen LogP contribution < -0.4 is 9.62 Å². The highest BCUT2D eigenvalue weighted by molar-refractivity contribution is 7.98. The fraction of sp³-hybridized carbons (Fsp3) is 0.381. The molecular weight excluding hydrogens is 392 g/mol. The van der Waals surface area contributed by atoms with E-state index < -0.39 is 16.1 Å². The summed E-state index contributed by atoms with van der Waals surface area (Å²) < 4.78 is 26.0. The number of benzene rings is 2. The van der Waals surface area contributed by atoms with E-state index in [1.807, 2.05) is 44.2 Å². The van der Waals surface area contributed by atoms with E-state index in [9.17, 15) is 13.2 Å². The Morgan fingerprint density at radius 2 is 1.82 bits per heavy atom. The summed E-state index contributed by atoms with van der Waals surface area (Å²) >= 11 is 1.73. The Hall–Kier alpha value is -1.99. The van der Waals surface area contributed by atoms with Gasteiger partial charge in [-0.25, -0.2) is 8.42 Å². The normalized spacial score (nSPS) is 12.4. The van der Waals surface area contributed by atoms with Crippen LogP contribution in [0.4, 0.5) is 5.69 Å². The number of rotatable bonds is 9. The Morgan fingerprint density at radius 3 is 2.46 bits per heavy atom. The number of nitrogens with one attached hydrogen (secondary N) is 1. The molecule has 2 aromatic rings. The molecule has 1 amide bonds. The standard InChI is InChI=1S/C21H28N2O3S2/c1-16-10-11-17(2)20(14-16)23(28(4,25)26)18(3)21(24)22-12-13-27-15-19-8-6-5-7-9-19/h5-11,14,18H,12-13,15H2,1-4H3,(H,22,24)/t18-/m1/s1. The van der Waals surface area contributed by atoms with E-state index in [1.165, 1.54) is 9.87 Å². The number of carbonyl (C=O) groups is 1. The fourth-order valence-corrected chi connectivity index (χ4v) is 4.94. The Labute approximate surface area is 172 Å². The summed E-state index contributed by atoms with van der Waals surface area (Å²) in [6.07, 6.45) is 1.13. The summed E-state index contributed by atoms with van der Waals surface area (Å²) in [7, 11) is -3.61. The van der Waals surface area contributed by atoms with Crippen LogP contribution in [-0.4, -0.2) is 38.9 Å². The topological polar surface area (TPSA) is 66.5 Å². The minimum Gasteiger partial charge on any atom is -0.353 e. The molecule has 28 heavy (non-hydrogen) atoms. The lowest BCUT2D eigenvalue weighted by Crippen LogP contribution is -2.48. The molecule has 0 radical (unpaired) electrons. The van der Waals surface area contributed by atoms with Gasteiger partial charge in [0.2, 0.25) is 15.9 Å². The van der Waals surface area contributed by atoms with Crippen LogP contribution in [0.1, 0.15) is 23.6 Å². The monoisotopic (exact) mass is 420 g/mol. The van der Waals surface area contributed by atoms with Crippen molar-refractivity contribution in [3.05, 3.63) is 65.2 Å². The maximum Gasteiger partial charge on any atom is 0.243 e. The Kier molecular flexibility index (Phi) is 7.95. The molecular formula is C21H28N2O3S2. The number of aryl methyl sites for hydroxylation is 2. The zero-order valence-electron chi connectivity index (χ0n) is 16.8. The van der Waals surface area contributed by atoms with Gasteiger partial charge in [-0.15, -0.1) is 0 Å². The summed E-state index contributed by atoms with van der Waals surface area (Å²) in [4.78, 5) is 12.6. The lowest BCUT2D eigenvalue weighted by atomic mass is 10.1. The van der Waals surface area contributed by atoms with Crippen molar-refractivity contribution in [3.8, 4) is 0 Å². The SMILES string of the molecule is Cc1ccc(C)c(N([C@H](C)C(=O)NCCSCc2ccccc2)S(C)(=O)=O)c1. The van der Waals surface area contributed by atoms with Crippen LogP contribution in [0.5, 0.6) is 0 Å². The highest BCUT2D eigenvalue weighted by Gasteiger charge is 2.29. The number of sulfonamides is 1. The van der Waals surface area contributed by atoms with Crippen LogP contribution >= 0.6 is 11.8 Å². The van der Waals surface area contributed by atoms with E-state index in [4.69, 9.17) is 0 Å². The minimum atomic E-state index is -3.61. The van der Waals surface area contributed by atoms with Crippen LogP contribution in [0.25, 0.3) is 0 Å². The van der Waals surface area contributed by atoms with Crippen molar-refractivity contribution in [2.24, 2.45) is 0 Å². The second-order valence-corrected chi connectivity index (χ2v) is 9.82. The Balaban J connectivity index is 1.97. The number of carbonyl (C=O) groups excluding carboxylic acids is 1. The summed E-state index contributed by atoms with van der Waals surface area (Å²) in [6.45, 7) is 5.86. The fourth-order valence-electron chi connectivity index (χ4n) is 2.90. The lowest BCUT2D eigenvalue weighted by Gasteiger charge is -2.29. The second kappa shape index (κ2) is 9.98. The molecule has 0 fully saturated rings. The largest absolute Gasteiger partial charge is 0.353 e. The Morgan fingerprint density at radius 1 is 1.14 bits per heavy atom. The van der Waals surface area contributed by atoms with Gasteiger partial charge < -0.3 is 5.32 Å². The molecule has 0 saturated carbocycles. The van der Waals surface area contributed by atoms with E-state index in [1.54, 1.807) is 24.8 Å². The second-order valence-electron chi connectivity index (χ2n) is 6.85. The summed E-state index contributed by atoms with van der Waals surface area (Å²) in [6, 6.07) is 14.9. The third-order valence-corrected chi connectivity index (χ3v) is 6.61. The quantitative estimate of drug-likeness (QED) is 0.631. The average Bonchev–Trinajstić information content (AvgIpc) is 2.64. The van der Waals surface area contributed by atoms with Gasteiger partial charge in [0.05, 0.1) is 11.9 Å². The zero-order valence-corrected chi connectivity index (χ0v) is 18.4. The van der Waals surface area contributed by atoms with E-state index in [0.717, 1.165) is 28.9 Å². The number of hydrogen-bond acceptors (Lipinski definition) is 4. The van der Waals surface area contributed by atoms with Gasteiger partial charge in [-0.05, 0) is 43.5 Å². The van der Waals surface area contributed by atoms with E-state index in [0.29, 0.717) is 12.2 Å². The van der Waals surface area contributed by atoms with Crippen molar-refractivity contribution in [2.75, 3.05) is 22.9 Å². The number of thioether (sulfide) groups is 1. The molecule has 2 aromatic carbocycles. The van der Waals surface area contributed by atoms with E-state index in [-0.39, 0.29) is 5.91 Å². The van der Waals surface area contributed by atoms with Crippen LogP contribution in [0.3, 0.4) is 0 Å². The van der Waals surface area contributed by atoms with Crippen molar-refractivity contribution in [2.45, 2.75) is 32.6 Å². The average molecular weight is 421 g/mol. The van der Waals surface area contributed by atoms with Crippen LogP contribution in [0.2, 0.25) is 0 Å². The molecule has 0 unspecified atom stereocenters. The summed E-state index contributed by atoms with van der Waals surface area (Å²) in [5.74, 6) is 1.34. The van der Waals surface area contributed by atoms with Crippen molar-refractivity contribution in [1.82, 2.24) is 5.32 Å². The predicted octanol–water partition coefficient (Wildman–Crippen LogP) is 3.51. The maximum atomic E-state index is 12.6. The molecule has 0 saturated heterocycles. The molecule has 2 rings (SSSR count). The summed E-state index contributed by atoms with van der Waals surface area (Å²) in [5.41, 5.74) is 3.54. The molecule has 1 atom stereocenters. The van der Waals surface area contributed by atoms with Crippen molar-refractivity contribution < 1.29 is 13.2 Å². The van der Waals surface area contributed by atoms with Crippen LogP contribution in [-0.2, 0) is 20.6 Å². The molecule has 5 nitrogen and oxygen atoms in total. The van der Waals surface area contributed by atoms with E-state index >= 15 is 0 Å². The Bertz CT molecular complexity index is 899. The number of anilines is 1. The van der Waals surface area contributed by atoms with Gasteiger partial charge >= 0.3 is 0 Å². The van der Waals surface area contributed by atoms with Gasteiger partial charge in [-0.3, -0.25) is 9.10 Å².